The number of carbonyl (C=O) groups excluding carboxylic acids is 1. The lowest BCUT2D eigenvalue weighted by atomic mass is 10.4. The van der Waals surface area contributed by atoms with E-state index in [2.05, 4.69) is 20.4 Å². The molecule has 0 N–H and O–H groups in total. The molecule has 3 rings (SSSR count). The molecule has 0 saturated carbocycles. The number of thiophene rings is 1. The van der Waals surface area contributed by atoms with E-state index in [1.165, 1.54) is 34.4 Å². The molecule has 0 bridgehead atoms. The van der Waals surface area contributed by atoms with Crippen LogP contribution in [0.2, 0.25) is 0 Å². The molecule has 3 heterocycles. The molecule has 0 aliphatic heterocycles. The summed E-state index contributed by atoms with van der Waals surface area (Å²) in [5.41, 5.74) is 1.65. The highest BCUT2D eigenvalue weighted by Crippen LogP contribution is 2.24. The Balaban J connectivity index is 1.61. The van der Waals surface area contributed by atoms with Crippen molar-refractivity contribution in [3.63, 3.8) is 0 Å². The van der Waals surface area contributed by atoms with Gasteiger partial charge in [-0.15, -0.1) is 31.7 Å². The number of amides is 1. The molecule has 24 heavy (non-hydrogen) atoms. The maximum absolute atomic E-state index is 12.4. The SMILES string of the molecule is CCCN(Cc1nnc(-c2cccs2)o1)C(=O)CSc1nncs1. The summed E-state index contributed by atoms with van der Waals surface area (Å²) in [5.74, 6) is 1.28. The first-order valence-electron chi connectivity index (χ1n) is 7.29. The highest BCUT2D eigenvalue weighted by molar-refractivity contribution is 8.01. The summed E-state index contributed by atoms with van der Waals surface area (Å²) in [6.45, 7) is 3.00. The van der Waals surface area contributed by atoms with Crippen molar-refractivity contribution in [2.24, 2.45) is 0 Å². The Bertz CT molecular complexity index is 757. The second-order valence-electron chi connectivity index (χ2n) is 4.79. The molecule has 10 heteroatoms. The predicted octanol–water partition coefficient (Wildman–Crippen LogP) is 3.18. The summed E-state index contributed by atoms with van der Waals surface area (Å²) < 4.78 is 6.46. The van der Waals surface area contributed by atoms with E-state index in [0.717, 1.165) is 15.6 Å². The molecule has 3 aromatic rings. The lowest BCUT2D eigenvalue weighted by molar-refractivity contribution is -0.129. The Morgan fingerprint density at radius 1 is 1.33 bits per heavy atom. The number of thioether (sulfide) groups is 1. The molecule has 0 aliphatic carbocycles. The predicted molar refractivity (Wildman–Crippen MR) is 94.0 cm³/mol. The van der Waals surface area contributed by atoms with E-state index in [-0.39, 0.29) is 5.91 Å². The zero-order valence-electron chi connectivity index (χ0n) is 12.9. The number of nitrogens with zero attached hydrogens (tertiary/aromatic N) is 5. The number of rotatable bonds is 8. The largest absolute Gasteiger partial charge is 0.418 e. The van der Waals surface area contributed by atoms with Gasteiger partial charge in [0.15, 0.2) is 4.34 Å². The van der Waals surface area contributed by atoms with Crippen LogP contribution in [0.4, 0.5) is 0 Å². The van der Waals surface area contributed by atoms with Crippen LogP contribution in [0.5, 0.6) is 0 Å². The molecule has 0 unspecified atom stereocenters. The van der Waals surface area contributed by atoms with Gasteiger partial charge in [-0.05, 0) is 17.9 Å². The normalized spacial score (nSPS) is 10.9. The Hall–Kier alpha value is -1.78. The quantitative estimate of drug-likeness (QED) is 0.554. The molecule has 0 spiro atoms. The molecule has 0 radical (unpaired) electrons. The topological polar surface area (TPSA) is 85.0 Å². The Kier molecular flexibility index (Phi) is 5.94. The van der Waals surface area contributed by atoms with Crippen LogP contribution in [0.3, 0.4) is 0 Å². The summed E-state index contributed by atoms with van der Waals surface area (Å²) in [6, 6.07) is 3.86. The van der Waals surface area contributed by atoms with Crippen LogP contribution in [0, 0.1) is 0 Å². The first-order chi connectivity index (χ1) is 11.8. The Morgan fingerprint density at radius 2 is 2.25 bits per heavy atom. The minimum Gasteiger partial charge on any atom is -0.418 e. The van der Waals surface area contributed by atoms with Gasteiger partial charge >= 0.3 is 0 Å². The van der Waals surface area contributed by atoms with E-state index in [4.69, 9.17) is 4.42 Å². The number of aromatic nitrogens is 4. The molecular formula is C14H15N5O2S3. The van der Waals surface area contributed by atoms with Gasteiger partial charge in [-0.3, -0.25) is 4.79 Å². The molecule has 0 aromatic carbocycles. The van der Waals surface area contributed by atoms with E-state index >= 15 is 0 Å². The summed E-state index contributed by atoms with van der Waals surface area (Å²) in [4.78, 5) is 15.1. The molecular weight excluding hydrogens is 366 g/mol. The van der Waals surface area contributed by atoms with Crippen molar-refractivity contribution in [3.05, 3.63) is 28.9 Å². The molecule has 3 aromatic heterocycles. The van der Waals surface area contributed by atoms with E-state index in [9.17, 15) is 4.79 Å². The van der Waals surface area contributed by atoms with Crippen molar-refractivity contribution in [2.45, 2.75) is 24.2 Å². The third kappa shape index (κ3) is 4.40. The summed E-state index contributed by atoms with van der Waals surface area (Å²) >= 11 is 4.36. The Morgan fingerprint density at radius 3 is 2.96 bits per heavy atom. The van der Waals surface area contributed by atoms with Gasteiger partial charge in [-0.25, -0.2) is 0 Å². The van der Waals surface area contributed by atoms with Crippen molar-refractivity contribution < 1.29 is 9.21 Å². The molecule has 0 saturated heterocycles. The summed E-state index contributed by atoms with van der Waals surface area (Å²) in [5, 5.41) is 17.8. The van der Waals surface area contributed by atoms with Gasteiger partial charge in [0.25, 0.3) is 5.89 Å². The van der Waals surface area contributed by atoms with E-state index in [1.807, 2.05) is 24.4 Å². The first kappa shape index (κ1) is 17.1. The van der Waals surface area contributed by atoms with Gasteiger partial charge in [-0.2, -0.15) is 0 Å². The smallest absolute Gasteiger partial charge is 0.257 e. The van der Waals surface area contributed by atoms with Crippen LogP contribution in [0.25, 0.3) is 10.8 Å². The second kappa shape index (κ2) is 8.36. The van der Waals surface area contributed by atoms with Gasteiger partial charge < -0.3 is 9.32 Å². The molecule has 0 atom stereocenters. The average Bonchev–Trinajstić information content (AvgIpc) is 3.33. The third-order valence-electron chi connectivity index (χ3n) is 3.03. The maximum Gasteiger partial charge on any atom is 0.257 e. The van der Waals surface area contributed by atoms with Gasteiger partial charge in [0.05, 0.1) is 17.2 Å². The van der Waals surface area contributed by atoms with E-state index < -0.39 is 0 Å². The number of hydrogen-bond donors (Lipinski definition) is 0. The summed E-state index contributed by atoms with van der Waals surface area (Å²) in [6.07, 6.45) is 0.862. The monoisotopic (exact) mass is 381 g/mol. The van der Waals surface area contributed by atoms with Crippen LogP contribution in [0.15, 0.2) is 31.8 Å². The van der Waals surface area contributed by atoms with Crippen LogP contribution in [-0.2, 0) is 11.3 Å². The van der Waals surface area contributed by atoms with Crippen molar-refractivity contribution in [3.8, 4) is 10.8 Å². The molecule has 7 nitrogen and oxygen atoms in total. The fourth-order valence-electron chi connectivity index (χ4n) is 1.98. The minimum absolute atomic E-state index is 0.0212. The minimum atomic E-state index is 0.0212. The average molecular weight is 382 g/mol. The van der Waals surface area contributed by atoms with Crippen molar-refractivity contribution in [1.29, 1.82) is 0 Å². The van der Waals surface area contributed by atoms with Crippen LogP contribution in [-0.4, -0.2) is 43.5 Å². The zero-order valence-corrected chi connectivity index (χ0v) is 15.4. The molecule has 1 amide bonds. The lowest BCUT2D eigenvalue weighted by Crippen LogP contribution is -2.32. The highest BCUT2D eigenvalue weighted by atomic mass is 32.2. The van der Waals surface area contributed by atoms with Gasteiger partial charge in [0.2, 0.25) is 11.8 Å². The van der Waals surface area contributed by atoms with Crippen LogP contribution >= 0.6 is 34.4 Å². The Labute approximate surface area is 151 Å². The maximum atomic E-state index is 12.4. The standard InChI is InChI=1S/C14H15N5O2S3/c1-2-5-19(12(20)8-23-14-18-15-9-24-14)7-11-16-17-13(21-11)10-4-3-6-22-10/h3-4,6,9H,2,5,7-8H2,1H3. The highest BCUT2D eigenvalue weighted by Gasteiger charge is 2.18. The second-order valence-corrected chi connectivity index (χ2v) is 7.79. The van der Waals surface area contributed by atoms with Crippen molar-refractivity contribution >= 4 is 40.3 Å². The summed E-state index contributed by atoms with van der Waals surface area (Å²) in [7, 11) is 0. The van der Waals surface area contributed by atoms with Crippen molar-refractivity contribution in [1.82, 2.24) is 25.3 Å². The third-order valence-corrected chi connectivity index (χ3v) is 5.73. The zero-order chi connectivity index (χ0) is 16.8. The number of hydrogen-bond acceptors (Lipinski definition) is 9. The number of carbonyl (C=O) groups is 1. The van der Waals surface area contributed by atoms with Crippen LogP contribution in [0.1, 0.15) is 19.2 Å². The van der Waals surface area contributed by atoms with E-state index in [1.54, 1.807) is 10.4 Å². The first-order valence-corrected chi connectivity index (χ1v) is 10.0. The van der Waals surface area contributed by atoms with Gasteiger partial charge in [-0.1, -0.05) is 36.1 Å². The molecule has 0 fully saturated rings. The van der Waals surface area contributed by atoms with Gasteiger partial charge in [0, 0.05) is 6.54 Å². The van der Waals surface area contributed by atoms with Gasteiger partial charge in [0.1, 0.15) is 5.51 Å². The van der Waals surface area contributed by atoms with Crippen LogP contribution < -0.4 is 0 Å². The molecule has 126 valence electrons. The fraction of sp³-hybridized carbons (Fsp3) is 0.357. The van der Waals surface area contributed by atoms with Crippen molar-refractivity contribution in [2.75, 3.05) is 12.3 Å². The molecule has 0 aliphatic rings. The lowest BCUT2D eigenvalue weighted by Gasteiger charge is -2.19. The van der Waals surface area contributed by atoms with E-state index in [0.29, 0.717) is 30.6 Å². The fourth-order valence-corrected chi connectivity index (χ4v) is 4.02.